The summed E-state index contributed by atoms with van der Waals surface area (Å²) in [6, 6.07) is 2.71. The maximum Gasteiger partial charge on any atom is 0.257 e. The van der Waals surface area contributed by atoms with Crippen molar-refractivity contribution in [1.29, 1.82) is 0 Å². The normalized spacial score (nSPS) is 26.7. The molecule has 0 aromatic carbocycles. The molecule has 0 spiro atoms. The van der Waals surface area contributed by atoms with Crippen LogP contribution in [0.1, 0.15) is 28.8 Å². The third kappa shape index (κ3) is 5.23. The highest BCUT2D eigenvalue weighted by Gasteiger charge is 2.40. The third-order valence-electron chi connectivity index (χ3n) is 7.71. The van der Waals surface area contributed by atoms with Gasteiger partial charge in [-0.3, -0.25) is 24.0 Å². The fraction of sp³-hybridized carbons (Fsp3) is 0.577. The molecule has 12 heteroatoms. The van der Waals surface area contributed by atoms with Gasteiger partial charge in [-0.05, 0) is 25.0 Å². The van der Waals surface area contributed by atoms with Crippen LogP contribution in [-0.2, 0) is 27.9 Å². The van der Waals surface area contributed by atoms with Crippen LogP contribution in [0.2, 0.25) is 0 Å². The van der Waals surface area contributed by atoms with E-state index in [0.29, 0.717) is 44.8 Å². The molecule has 202 valence electrons. The van der Waals surface area contributed by atoms with E-state index in [2.05, 4.69) is 20.3 Å². The van der Waals surface area contributed by atoms with E-state index in [1.165, 1.54) is 0 Å². The Morgan fingerprint density at radius 2 is 2.05 bits per heavy atom. The first-order valence-electron chi connectivity index (χ1n) is 13.2. The van der Waals surface area contributed by atoms with Crippen molar-refractivity contribution in [3.05, 3.63) is 41.9 Å². The van der Waals surface area contributed by atoms with Gasteiger partial charge < -0.3 is 24.6 Å². The Morgan fingerprint density at radius 3 is 2.84 bits per heavy atom. The quantitative estimate of drug-likeness (QED) is 0.580. The molecule has 5 heterocycles. The summed E-state index contributed by atoms with van der Waals surface area (Å²) in [5.74, 6) is 0.0258. The fourth-order valence-corrected chi connectivity index (χ4v) is 5.58. The summed E-state index contributed by atoms with van der Waals surface area (Å²) in [6.45, 7) is 3.13. The topological polar surface area (TPSA) is 122 Å². The highest BCUT2D eigenvalue weighted by molar-refractivity contribution is 5.96. The molecule has 1 N–H and O–H groups in total. The van der Waals surface area contributed by atoms with Crippen LogP contribution in [0.15, 0.2) is 30.7 Å². The first-order chi connectivity index (χ1) is 18.4. The molecule has 2 saturated heterocycles. The van der Waals surface area contributed by atoms with Gasteiger partial charge in [0.1, 0.15) is 18.8 Å². The number of hydrogen-bond donors (Lipinski definition) is 1. The maximum absolute atomic E-state index is 13.4. The number of rotatable bonds is 3. The zero-order valence-corrected chi connectivity index (χ0v) is 21.5. The Morgan fingerprint density at radius 1 is 1.18 bits per heavy atom. The van der Waals surface area contributed by atoms with Crippen LogP contribution in [0.4, 0.5) is 0 Å². The van der Waals surface area contributed by atoms with E-state index in [9.17, 15) is 14.4 Å². The number of fused-ring (bicyclic) bond motifs is 3. The number of nitrogens with zero attached hydrogens (tertiary/aromatic N) is 6. The monoisotopic (exact) mass is 523 g/mol. The van der Waals surface area contributed by atoms with Gasteiger partial charge >= 0.3 is 0 Å². The zero-order valence-electron chi connectivity index (χ0n) is 21.5. The molecule has 3 aliphatic heterocycles. The maximum atomic E-state index is 13.4. The molecule has 0 bridgehead atoms. The SMILES string of the molecule is Cn1cc(CN2C[C@@H]3OCC(=O)N4CCN(C(=O)C5CC5)C[C@H]4COc4ncccc4C(=O)N[C@@H]3C2)cn1. The van der Waals surface area contributed by atoms with Crippen molar-refractivity contribution in [2.45, 2.75) is 37.6 Å². The van der Waals surface area contributed by atoms with Crippen molar-refractivity contribution in [3.8, 4) is 5.88 Å². The summed E-state index contributed by atoms with van der Waals surface area (Å²) in [5.41, 5.74) is 1.39. The van der Waals surface area contributed by atoms with E-state index >= 15 is 0 Å². The predicted octanol–water partition coefficient (Wildman–Crippen LogP) is -0.344. The number of aromatic nitrogens is 3. The van der Waals surface area contributed by atoms with Gasteiger partial charge in [0, 0.05) is 70.2 Å². The number of piperazine rings is 1. The van der Waals surface area contributed by atoms with Crippen LogP contribution in [0, 0.1) is 5.92 Å². The van der Waals surface area contributed by atoms with Gasteiger partial charge in [0.25, 0.3) is 5.91 Å². The summed E-state index contributed by atoms with van der Waals surface area (Å²) in [7, 11) is 1.88. The molecule has 2 aromatic heterocycles. The van der Waals surface area contributed by atoms with Crippen LogP contribution in [-0.4, -0.2) is 111 Å². The molecular formula is C26H33N7O5. The minimum atomic E-state index is -0.363. The van der Waals surface area contributed by atoms with E-state index in [1.807, 2.05) is 24.3 Å². The molecule has 3 amide bonds. The molecule has 1 saturated carbocycles. The number of aryl methyl sites for hydroxylation is 1. The average Bonchev–Trinajstić information content (AvgIpc) is 3.59. The van der Waals surface area contributed by atoms with Gasteiger partial charge in [-0.2, -0.15) is 5.10 Å². The van der Waals surface area contributed by atoms with Crippen molar-refractivity contribution in [2.24, 2.45) is 13.0 Å². The second kappa shape index (κ2) is 10.3. The van der Waals surface area contributed by atoms with Crippen molar-refractivity contribution in [1.82, 2.24) is 34.8 Å². The standard InChI is InChI=1S/C26H33N7O5/c1-30-10-17(9-28-30)11-31-13-21-22(14-31)37-16-23(34)33-8-7-32(26(36)18-4-5-18)12-19(33)15-38-25-20(24(35)29-21)3-2-6-27-25/h2-3,6,9-10,18-19,21-22H,4-5,7-8,11-16H2,1H3,(H,29,35)/t19-,21+,22-/m0/s1. The lowest BCUT2D eigenvalue weighted by Crippen LogP contribution is -2.59. The van der Waals surface area contributed by atoms with Crippen LogP contribution < -0.4 is 10.1 Å². The van der Waals surface area contributed by atoms with Gasteiger partial charge in [-0.25, -0.2) is 4.98 Å². The summed E-state index contributed by atoms with van der Waals surface area (Å²) in [6.07, 6.45) is 6.86. The van der Waals surface area contributed by atoms with Crippen molar-refractivity contribution >= 4 is 17.7 Å². The Balaban J connectivity index is 1.23. The highest BCUT2D eigenvalue weighted by Crippen LogP contribution is 2.32. The van der Waals surface area contributed by atoms with Crippen LogP contribution in [0.5, 0.6) is 5.88 Å². The van der Waals surface area contributed by atoms with Crippen molar-refractivity contribution in [2.75, 3.05) is 45.9 Å². The van der Waals surface area contributed by atoms with Crippen molar-refractivity contribution < 1.29 is 23.9 Å². The first kappa shape index (κ1) is 24.8. The van der Waals surface area contributed by atoms with E-state index in [4.69, 9.17) is 9.47 Å². The molecule has 4 aliphatic rings. The van der Waals surface area contributed by atoms with Crippen LogP contribution in [0.3, 0.4) is 0 Å². The summed E-state index contributed by atoms with van der Waals surface area (Å²) >= 11 is 0. The molecule has 2 aromatic rings. The summed E-state index contributed by atoms with van der Waals surface area (Å²) < 4.78 is 14.0. The Hall–Kier alpha value is -3.51. The van der Waals surface area contributed by atoms with Gasteiger partial charge in [0.05, 0.1) is 24.4 Å². The number of pyridine rings is 1. The third-order valence-corrected chi connectivity index (χ3v) is 7.71. The fourth-order valence-electron chi connectivity index (χ4n) is 5.58. The summed E-state index contributed by atoms with van der Waals surface area (Å²) in [5, 5.41) is 7.33. The lowest BCUT2D eigenvalue weighted by atomic mass is 10.1. The van der Waals surface area contributed by atoms with E-state index < -0.39 is 0 Å². The number of carbonyl (C=O) groups is 3. The number of likely N-dealkylation sites (tertiary alicyclic amines) is 1. The lowest BCUT2D eigenvalue weighted by molar-refractivity contribution is -0.149. The molecule has 38 heavy (non-hydrogen) atoms. The van der Waals surface area contributed by atoms with E-state index in [-0.39, 0.29) is 60.9 Å². The number of ether oxygens (including phenoxy) is 2. The molecular weight excluding hydrogens is 490 g/mol. The molecule has 0 radical (unpaired) electrons. The molecule has 1 aliphatic carbocycles. The second-order valence-corrected chi connectivity index (χ2v) is 10.6. The number of hydrogen-bond acceptors (Lipinski definition) is 8. The van der Waals surface area contributed by atoms with Crippen LogP contribution >= 0.6 is 0 Å². The molecule has 3 atom stereocenters. The Bertz CT molecular complexity index is 1210. The predicted molar refractivity (Wildman–Crippen MR) is 134 cm³/mol. The average molecular weight is 524 g/mol. The minimum absolute atomic E-state index is 0.101. The molecule has 0 unspecified atom stereocenters. The van der Waals surface area contributed by atoms with Crippen molar-refractivity contribution in [3.63, 3.8) is 0 Å². The minimum Gasteiger partial charge on any atom is -0.475 e. The Labute approximate surface area is 220 Å². The van der Waals surface area contributed by atoms with Gasteiger partial charge in [0.15, 0.2) is 0 Å². The lowest BCUT2D eigenvalue weighted by Gasteiger charge is -2.41. The summed E-state index contributed by atoms with van der Waals surface area (Å²) in [4.78, 5) is 49.5. The van der Waals surface area contributed by atoms with E-state index in [0.717, 1.165) is 18.4 Å². The highest BCUT2D eigenvalue weighted by atomic mass is 16.5. The molecule has 12 nitrogen and oxygen atoms in total. The number of carbonyl (C=O) groups excluding carboxylic acids is 3. The van der Waals surface area contributed by atoms with Gasteiger partial charge in [0.2, 0.25) is 17.7 Å². The second-order valence-electron chi connectivity index (χ2n) is 10.6. The Kier molecular flexibility index (Phi) is 6.75. The first-order valence-corrected chi connectivity index (χ1v) is 13.2. The molecule has 6 rings (SSSR count). The number of nitrogens with one attached hydrogen (secondary N) is 1. The molecule has 3 fully saturated rings. The smallest absolute Gasteiger partial charge is 0.257 e. The number of amides is 3. The van der Waals surface area contributed by atoms with Crippen LogP contribution in [0.25, 0.3) is 0 Å². The van der Waals surface area contributed by atoms with Gasteiger partial charge in [-0.15, -0.1) is 0 Å². The van der Waals surface area contributed by atoms with Gasteiger partial charge in [-0.1, -0.05) is 0 Å². The zero-order chi connectivity index (χ0) is 26.2. The van der Waals surface area contributed by atoms with E-state index in [1.54, 1.807) is 27.9 Å². The largest absolute Gasteiger partial charge is 0.475 e.